The number of amides is 1. The van der Waals surface area contributed by atoms with Crippen LogP contribution in [-0.4, -0.2) is 25.0 Å². The van der Waals surface area contributed by atoms with Crippen molar-refractivity contribution in [3.8, 4) is 0 Å². The number of hydrogen-bond acceptors (Lipinski definition) is 2. The highest BCUT2D eigenvalue weighted by molar-refractivity contribution is 5.89. The molecule has 2 aliphatic rings. The summed E-state index contributed by atoms with van der Waals surface area (Å²) in [7, 11) is 0. The van der Waals surface area contributed by atoms with Gasteiger partial charge in [0.05, 0.1) is 0 Å². The SMILES string of the molecule is O=C1NCCN2c3cc(F)ccc3CC12. The highest BCUT2D eigenvalue weighted by atomic mass is 19.1. The van der Waals surface area contributed by atoms with Gasteiger partial charge in [0.25, 0.3) is 0 Å². The Morgan fingerprint density at radius 1 is 1.47 bits per heavy atom. The molecule has 1 amide bonds. The van der Waals surface area contributed by atoms with E-state index < -0.39 is 0 Å². The molecule has 0 aromatic heterocycles. The Morgan fingerprint density at radius 2 is 2.33 bits per heavy atom. The highest BCUT2D eigenvalue weighted by Gasteiger charge is 2.36. The van der Waals surface area contributed by atoms with Crippen molar-refractivity contribution in [2.24, 2.45) is 0 Å². The van der Waals surface area contributed by atoms with Crippen LogP contribution >= 0.6 is 0 Å². The minimum Gasteiger partial charge on any atom is -0.357 e. The van der Waals surface area contributed by atoms with E-state index in [0.29, 0.717) is 13.0 Å². The van der Waals surface area contributed by atoms with Crippen molar-refractivity contribution in [1.82, 2.24) is 5.32 Å². The number of carbonyl (C=O) groups is 1. The molecule has 0 spiro atoms. The molecule has 2 heterocycles. The molecule has 1 aromatic carbocycles. The van der Waals surface area contributed by atoms with Crippen LogP contribution in [0.3, 0.4) is 0 Å². The molecule has 0 saturated carbocycles. The smallest absolute Gasteiger partial charge is 0.243 e. The second-order valence-corrected chi connectivity index (χ2v) is 3.98. The molecule has 3 nitrogen and oxygen atoms in total. The van der Waals surface area contributed by atoms with E-state index in [2.05, 4.69) is 5.32 Å². The van der Waals surface area contributed by atoms with Crippen molar-refractivity contribution in [3.05, 3.63) is 29.6 Å². The maximum Gasteiger partial charge on any atom is 0.243 e. The number of nitrogens with zero attached hydrogens (tertiary/aromatic N) is 1. The van der Waals surface area contributed by atoms with Gasteiger partial charge in [-0.2, -0.15) is 0 Å². The maximum absolute atomic E-state index is 13.1. The largest absolute Gasteiger partial charge is 0.357 e. The fraction of sp³-hybridized carbons (Fsp3) is 0.364. The minimum atomic E-state index is -0.236. The number of rotatable bonds is 0. The Bertz CT molecular complexity index is 433. The van der Waals surface area contributed by atoms with Crippen molar-refractivity contribution in [3.63, 3.8) is 0 Å². The third-order valence-electron chi connectivity index (χ3n) is 3.10. The van der Waals surface area contributed by atoms with Crippen LogP contribution in [0, 0.1) is 5.82 Å². The summed E-state index contributed by atoms with van der Waals surface area (Å²) in [6.45, 7) is 1.41. The number of piperazine rings is 1. The van der Waals surface area contributed by atoms with Gasteiger partial charge in [-0.1, -0.05) is 6.07 Å². The van der Waals surface area contributed by atoms with E-state index in [4.69, 9.17) is 0 Å². The molecule has 1 unspecified atom stereocenters. The molecule has 2 aliphatic heterocycles. The maximum atomic E-state index is 13.1. The lowest BCUT2D eigenvalue weighted by molar-refractivity contribution is -0.123. The van der Waals surface area contributed by atoms with E-state index >= 15 is 0 Å². The summed E-state index contributed by atoms with van der Waals surface area (Å²) in [6.07, 6.45) is 0.696. The molecule has 1 N–H and O–H groups in total. The van der Waals surface area contributed by atoms with E-state index in [0.717, 1.165) is 17.8 Å². The number of hydrogen-bond donors (Lipinski definition) is 1. The summed E-state index contributed by atoms with van der Waals surface area (Å²) in [4.78, 5) is 13.6. The molecule has 0 bridgehead atoms. The van der Waals surface area contributed by atoms with Gasteiger partial charge in [-0.05, 0) is 17.7 Å². The lowest BCUT2D eigenvalue weighted by Gasteiger charge is -2.31. The molecule has 0 radical (unpaired) electrons. The molecular weight excluding hydrogens is 195 g/mol. The van der Waals surface area contributed by atoms with Crippen molar-refractivity contribution in [2.45, 2.75) is 12.5 Å². The minimum absolute atomic E-state index is 0.0536. The van der Waals surface area contributed by atoms with Crippen LogP contribution in [0.15, 0.2) is 18.2 Å². The normalized spacial score (nSPS) is 23.4. The van der Waals surface area contributed by atoms with Gasteiger partial charge < -0.3 is 10.2 Å². The quantitative estimate of drug-likeness (QED) is 0.677. The van der Waals surface area contributed by atoms with Gasteiger partial charge in [0.1, 0.15) is 11.9 Å². The molecular formula is C11H11FN2O. The highest BCUT2D eigenvalue weighted by Crippen LogP contribution is 2.33. The molecule has 78 valence electrons. The van der Waals surface area contributed by atoms with Gasteiger partial charge in [0.15, 0.2) is 0 Å². The zero-order chi connectivity index (χ0) is 10.4. The van der Waals surface area contributed by atoms with Gasteiger partial charge >= 0.3 is 0 Å². The number of benzene rings is 1. The third kappa shape index (κ3) is 1.21. The topological polar surface area (TPSA) is 32.3 Å². The predicted molar refractivity (Wildman–Crippen MR) is 54.2 cm³/mol. The van der Waals surface area contributed by atoms with Crippen LogP contribution in [0.5, 0.6) is 0 Å². The van der Waals surface area contributed by atoms with Crippen LogP contribution in [0.2, 0.25) is 0 Å². The molecule has 1 fully saturated rings. The summed E-state index contributed by atoms with van der Waals surface area (Å²) in [5.74, 6) is -0.182. The zero-order valence-corrected chi connectivity index (χ0v) is 8.16. The van der Waals surface area contributed by atoms with Crippen LogP contribution < -0.4 is 10.2 Å². The third-order valence-corrected chi connectivity index (χ3v) is 3.10. The standard InChI is InChI=1S/C11H11FN2O/c12-8-2-1-7-5-10-11(15)13-3-4-14(10)9(7)6-8/h1-2,6,10H,3-5H2,(H,13,15). The molecule has 0 aliphatic carbocycles. The van der Waals surface area contributed by atoms with Crippen LogP contribution in [0.4, 0.5) is 10.1 Å². The average Bonchev–Trinajstić information content (AvgIpc) is 2.58. The van der Waals surface area contributed by atoms with E-state index in [9.17, 15) is 9.18 Å². The first kappa shape index (κ1) is 8.71. The Kier molecular flexibility index (Phi) is 1.71. The lowest BCUT2D eigenvalue weighted by Crippen LogP contribution is -2.53. The summed E-state index contributed by atoms with van der Waals surface area (Å²) < 4.78 is 13.1. The number of anilines is 1. The Hall–Kier alpha value is -1.58. The molecule has 1 atom stereocenters. The van der Waals surface area contributed by atoms with Crippen molar-refractivity contribution in [1.29, 1.82) is 0 Å². The number of nitrogens with one attached hydrogen (secondary N) is 1. The van der Waals surface area contributed by atoms with Crippen molar-refractivity contribution in [2.75, 3.05) is 18.0 Å². The molecule has 1 aromatic rings. The fourth-order valence-corrected chi connectivity index (χ4v) is 2.39. The van der Waals surface area contributed by atoms with Crippen LogP contribution in [0.1, 0.15) is 5.56 Å². The van der Waals surface area contributed by atoms with E-state index in [1.807, 2.05) is 4.90 Å². The summed E-state index contributed by atoms with van der Waals surface area (Å²) in [5.41, 5.74) is 1.95. The van der Waals surface area contributed by atoms with Crippen molar-refractivity contribution >= 4 is 11.6 Å². The average molecular weight is 206 g/mol. The summed E-state index contributed by atoms with van der Waals surface area (Å²) in [6, 6.07) is 4.62. The second-order valence-electron chi connectivity index (χ2n) is 3.98. The van der Waals surface area contributed by atoms with Gasteiger partial charge in [-0.15, -0.1) is 0 Å². The molecule has 4 heteroatoms. The van der Waals surface area contributed by atoms with Crippen molar-refractivity contribution < 1.29 is 9.18 Å². The second kappa shape index (κ2) is 2.95. The Morgan fingerprint density at radius 3 is 3.20 bits per heavy atom. The van der Waals surface area contributed by atoms with Gasteiger partial charge in [0.2, 0.25) is 5.91 Å². The molecule has 1 saturated heterocycles. The monoisotopic (exact) mass is 206 g/mol. The number of carbonyl (C=O) groups excluding carboxylic acids is 1. The lowest BCUT2D eigenvalue weighted by atomic mass is 10.1. The first-order valence-corrected chi connectivity index (χ1v) is 5.08. The van der Waals surface area contributed by atoms with Gasteiger partial charge in [-0.3, -0.25) is 4.79 Å². The Labute approximate surface area is 86.9 Å². The first-order chi connectivity index (χ1) is 7.25. The van der Waals surface area contributed by atoms with E-state index in [1.165, 1.54) is 12.1 Å². The molecule has 3 rings (SSSR count). The zero-order valence-electron chi connectivity index (χ0n) is 8.16. The number of halogens is 1. The first-order valence-electron chi connectivity index (χ1n) is 5.08. The van der Waals surface area contributed by atoms with E-state index in [-0.39, 0.29) is 17.8 Å². The Balaban J connectivity index is 2.05. The van der Waals surface area contributed by atoms with Gasteiger partial charge in [0, 0.05) is 25.2 Å². The molecule has 15 heavy (non-hydrogen) atoms. The van der Waals surface area contributed by atoms with Crippen LogP contribution in [0.25, 0.3) is 0 Å². The van der Waals surface area contributed by atoms with E-state index in [1.54, 1.807) is 6.07 Å². The predicted octanol–water partition coefficient (Wildman–Crippen LogP) is 0.687. The number of fused-ring (bicyclic) bond motifs is 3. The summed E-state index contributed by atoms with van der Waals surface area (Å²) >= 11 is 0. The summed E-state index contributed by atoms with van der Waals surface area (Å²) in [5, 5.41) is 2.83. The van der Waals surface area contributed by atoms with Crippen LogP contribution in [-0.2, 0) is 11.2 Å². The van der Waals surface area contributed by atoms with Gasteiger partial charge in [-0.25, -0.2) is 4.39 Å². The fourth-order valence-electron chi connectivity index (χ4n) is 2.39.